The molecule has 24 heavy (non-hydrogen) atoms. The number of fused-ring (bicyclic) bond motifs is 1. The van der Waals surface area contributed by atoms with E-state index in [0.29, 0.717) is 0 Å². The number of amidine groups is 2. The molecule has 0 atom stereocenters. The van der Waals surface area contributed by atoms with Crippen LogP contribution in [0.1, 0.15) is 5.56 Å². The number of sulfone groups is 1. The molecule has 0 spiro atoms. The number of amides is 1. The molecule has 1 amide bonds. The lowest BCUT2D eigenvalue weighted by Crippen LogP contribution is -2.35. The molecule has 7 nitrogen and oxygen atoms in total. The minimum atomic E-state index is -3.53. The molecule has 1 aromatic rings. The van der Waals surface area contributed by atoms with E-state index in [1.165, 1.54) is 0 Å². The Morgan fingerprint density at radius 3 is 2.54 bits per heavy atom. The highest BCUT2D eigenvalue weighted by Gasteiger charge is 2.38. The van der Waals surface area contributed by atoms with Crippen LogP contribution in [0.5, 0.6) is 0 Å². The van der Waals surface area contributed by atoms with Gasteiger partial charge in [-0.25, -0.2) is 8.42 Å². The quantitative estimate of drug-likeness (QED) is 0.622. The number of hydrogen-bond donors (Lipinski definition) is 1. The summed E-state index contributed by atoms with van der Waals surface area (Å²) in [4.78, 5) is 17.1. The molecule has 0 unspecified atom stereocenters. The molecule has 0 saturated carbocycles. The predicted molar refractivity (Wildman–Crippen MR) is 98.1 cm³/mol. The van der Waals surface area contributed by atoms with Crippen LogP contribution in [-0.2, 0) is 14.6 Å². The largest absolute Gasteiger partial charge is 0.283 e. The highest BCUT2D eigenvalue weighted by molar-refractivity contribution is 8.42. The molecule has 1 N–H and O–H groups in total. The van der Waals surface area contributed by atoms with Crippen LogP contribution in [0.15, 0.2) is 44.8 Å². The summed E-state index contributed by atoms with van der Waals surface area (Å²) in [6.07, 6.45) is 4.54. The summed E-state index contributed by atoms with van der Waals surface area (Å²) in [6.45, 7) is 0. The molecular weight excluding hydrogens is 368 g/mol. The summed E-state index contributed by atoms with van der Waals surface area (Å²) in [7, 11) is -3.53. The highest BCUT2D eigenvalue weighted by Crippen LogP contribution is 2.30. The van der Waals surface area contributed by atoms with Crippen molar-refractivity contribution >= 4 is 60.7 Å². The van der Waals surface area contributed by atoms with Crippen molar-refractivity contribution in [3.63, 3.8) is 0 Å². The number of hydrogen-bond acceptors (Lipinski definition) is 7. The van der Waals surface area contributed by atoms with Crippen molar-refractivity contribution in [3.8, 4) is 0 Å². The molecule has 3 rings (SSSR count). The number of carbonyl (C=O) groups excluding carboxylic acids is 1. The van der Waals surface area contributed by atoms with Crippen LogP contribution < -0.4 is 0 Å². The average molecular weight is 380 g/mol. The second-order valence-corrected chi connectivity index (χ2v) is 8.96. The van der Waals surface area contributed by atoms with Gasteiger partial charge in [0.25, 0.3) is 5.91 Å². The number of carbonyl (C=O) groups is 1. The molecule has 2 aliphatic heterocycles. The molecule has 0 fully saturated rings. The van der Waals surface area contributed by atoms with E-state index in [9.17, 15) is 13.2 Å². The fourth-order valence-corrected chi connectivity index (χ4v) is 4.08. The van der Waals surface area contributed by atoms with Gasteiger partial charge in [0.15, 0.2) is 5.84 Å². The van der Waals surface area contributed by atoms with Gasteiger partial charge in [-0.2, -0.15) is 10.0 Å². The van der Waals surface area contributed by atoms with E-state index in [4.69, 9.17) is 5.41 Å². The summed E-state index contributed by atoms with van der Waals surface area (Å²) < 4.78 is 23.0. The molecule has 0 aromatic heterocycles. The Labute approximate surface area is 147 Å². The van der Waals surface area contributed by atoms with Gasteiger partial charge in [0.05, 0.1) is 5.57 Å². The molecule has 0 saturated heterocycles. The van der Waals surface area contributed by atoms with E-state index < -0.39 is 15.7 Å². The maximum absolute atomic E-state index is 12.2. The van der Waals surface area contributed by atoms with Gasteiger partial charge in [-0.05, 0) is 41.8 Å². The second-order valence-electron chi connectivity index (χ2n) is 4.93. The first-order chi connectivity index (χ1) is 11.3. The van der Waals surface area contributed by atoms with Gasteiger partial charge in [-0.3, -0.25) is 10.2 Å². The topological polar surface area (TPSA) is 103 Å². The van der Waals surface area contributed by atoms with Gasteiger partial charge in [0, 0.05) is 11.2 Å². The standard InChI is InChI=1S/C14H12N4O3S3/c1-22-9-5-3-8(4-6-9)7-10-11(15)18-13(16-12(10)19)23-14(17-18)24(2,20)21/h3-7,15H,1-2H3/b10-7-,15-11?. The first-order valence-electron chi connectivity index (χ1n) is 6.64. The zero-order chi connectivity index (χ0) is 17.5. The van der Waals surface area contributed by atoms with E-state index in [1.807, 2.05) is 30.5 Å². The van der Waals surface area contributed by atoms with Crippen LogP contribution in [0.4, 0.5) is 0 Å². The van der Waals surface area contributed by atoms with Gasteiger partial charge in [0.2, 0.25) is 19.4 Å². The van der Waals surface area contributed by atoms with Crippen molar-refractivity contribution < 1.29 is 13.2 Å². The predicted octanol–water partition coefficient (Wildman–Crippen LogP) is 2.03. The molecule has 2 aliphatic rings. The van der Waals surface area contributed by atoms with Gasteiger partial charge in [-0.15, -0.1) is 16.9 Å². The smallest absolute Gasteiger partial charge is 0.282 e. The molecule has 0 radical (unpaired) electrons. The lowest BCUT2D eigenvalue weighted by molar-refractivity contribution is -0.114. The van der Waals surface area contributed by atoms with Gasteiger partial charge in [0.1, 0.15) is 0 Å². The Balaban J connectivity index is 1.97. The lowest BCUT2D eigenvalue weighted by atomic mass is 10.1. The molecule has 0 aliphatic carbocycles. The number of nitrogens with one attached hydrogen (secondary N) is 1. The minimum Gasteiger partial charge on any atom is -0.282 e. The monoisotopic (exact) mass is 380 g/mol. The average Bonchev–Trinajstić information content (AvgIpc) is 2.96. The fraction of sp³-hybridized carbons (Fsp3) is 0.143. The highest BCUT2D eigenvalue weighted by atomic mass is 32.3. The van der Waals surface area contributed by atoms with E-state index in [2.05, 4.69) is 10.1 Å². The SMILES string of the molecule is CSc1ccc(/C=C2/C(=N)N3N=C(S(C)(=O)=O)SC3=NC2=O)cc1. The number of hydrazone groups is 1. The number of nitrogens with zero attached hydrogens (tertiary/aromatic N) is 3. The molecular formula is C14H12N4O3S3. The molecule has 2 heterocycles. The first-order valence-corrected chi connectivity index (χ1v) is 10.6. The van der Waals surface area contributed by atoms with Gasteiger partial charge >= 0.3 is 0 Å². The number of aliphatic imine (C=N–C) groups is 1. The van der Waals surface area contributed by atoms with E-state index in [0.717, 1.165) is 33.5 Å². The van der Waals surface area contributed by atoms with Crippen molar-refractivity contribution in [3.05, 3.63) is 35.4 Å². The van der Waals surface area contributed by atoms with Crippen LogP contribution in [0.2, 0.25) is 0 Å². The number of thioether (sulfide) groups is 2. The molecule has 1 aromatic carbocycles. The van der Waals surface area contributed by atoms with Crippen LogP contribution in [-0.4, -0.2) is 47.2 Å². The first kappa shape index (κ1) is 16.9. The third kappa shape index (κ3) is 3.17. The lowest BCUT2D eigenvalue weighted by Gasteiger charge is -2.20. The third-order valence-corrected chi connectivity index (χ3v) is 6.50. The maximum Gasteiger partial charge on any atom is 0.283 e. The Kier molecular flexibility index (Phi) is 4.37. The number of benzene rings is 1. The molecule has 124 valence electrons. The Bertz CT molecular complexity index is 931. The summed E-state index contributed by atoms with van der Waals surface area (Å²) in [5.74, 6) is -0.775. The third-order valence-electron chi connectivity index (χ3n) is 3.18. The Morgan fingerprint density at radius 2 is 1.96 bits per heavy atom. The van der Waals surface area contributed by atoms with Gasteiger partial charge in [-0.1, -0.05) is 12.1 Å². The van der Waals surface area contributed by atoms with Crippen molar-refractivity contribution in [2.75, 3.05) is 12.5 Å². The summed E-state index contributed by atoms with van der Waals surface area (Å²) in [5, 5.41) is 13.2. The normalized spacial score (nSPS) is 19.4. The van der Waals surface area contributed by atoms with E-state index in [1.54, 1.807) is 17.8 Å². The zero-order valence-corrected chi connectivity index (χ0v) is 15.1. The minimum absolute atomic E-state index is 0.0646. The van der Waals surface area contributed by atoms with Crippen LogP contribution in [0.25, 0.3) is 6.08 Å². The van der Waals surface area contributed by atoms with Crippen molar-refractivity contribution in [1.29, 1.82) is 5.41 Å². The summed E-state index contributed by atoms with van der Waals surface area (Å²) >= 11 is 2.37. The van der Waals surface area contributed by atoms with Crippen molar-refractivity contribution in [2.24, 2.45) is 10.1 Å². The van der Waals surface area contributed by atoms with E-state index >= 15 is 0 Å². The van der Waals surface area contributed by atoms with Crippen molar-refractivity contribution in [1.82, 2.24) is 5.01 Å². The summed E-state index contributed by atoms with van der Waals surface area (Å²) in [6, 6.07) is 7.49. The fourth-order valence-electron chi connectivity index (χ4n) is 1.99. The zero-order valence-electron chi connectivity index (χ0n) is 12.7. The van der Waals surface area contributed by atoms with Crippen LogP contribution in [0.3, 0.4) is 0 Å². The Hall–Kier alpha value is -1.91. The van der Waals surface area contributed by atoms with Gasteiger partial charge < -0.3 is 0 Å². The van der Waals surface area contributed by atoms with Crippen LogP contribution >= 0.6 is 23.5 Å². The number of rotatable bonds is 2. The van der Waals surface area contributed by atoms with Crippen LogP contribution in [0, 0.1) is 5.41 Å². The van der Waals surface area contributed by atoms with E-state index in [-0.39, 0.29) is 21.0 Å². The molecule has 0 bridgehead atoms. The second kappa shape index (κ2) is 6.19. The summed E-state index contributed by atoms with van der Waals surface area (Å²) in [5.41, 5.74) is 0.813. The Morgan fingerprint density at radius 1 is 1.29 bits per heavy atom. The maximum atomic E-state index is 12.2. The van der Waals surface area contributed by atoms with Crippen molar-refractivity contribution in [2.45, 2.75) is 4.90 Å². The molecule has 10 heteroatoms.